The molecule has 1 aliphatic rings. The second-order valence-electron chi connectivity index (χ2n) is 5.14. The van der Waals surface area contributed by atoms with Crippen molar-refractivity contribution >= 4 is 11.9 Å². The van der Waals surface area contributed by atoms with E-state index in [0.29, 0.717) is 0 Å². The van der Waals surface area contributed by atoms with Crippen LogP contribution in [0.4, 0.5) is 13.2 Å². The molecule has 0 aliphatic heterocycles. The number of nitrogens with zero attached hydrogens (tertiary/aromatic N) is 1. The molecule has 1 aromatic carbocycles. The summed E-state index contributed by atoms with van der Waals surface area (Å²) in [7, 11) is 1.42. The number of carboxylic acids is 1. The molecule has 0 aromatic heterocycles. The maximum absolute atomic E-state index is 12.3. The van der Waals surface area contributed by atoms with Crippen molar-refractivity contribution in [3.8, 4) is 5.75 Å². The summed E-state index contributed by atoms with van der Waals surface area (Å²) in [6, 6.07) is 5.52. The molecule has 120 valence electrons. The summed E-state index contributed by atoms with van der Waals surface area (Å²) in [6.07, 6.45) is -4.55. The zero-order valence-corrected chi connectivity index (χ0v) is 11.6. The molecule has 0 radical (unpaired) electrons. The van der Waals surface area contributed by atoms with Gasteiger partial charge in [-0.1, -0.05) is 18.2 Å². The summed E-state index contributed by atoms with van der Waals surface area (Å²) >= 11 is 0. The number of rotatable bonds is 5. The molecule has 0 spiro atoms. The highest BCUT2D eigenvalue weighted by Gasteiger charge is 2.49. The molecule has 1 amide bonds. The first kappa shape index (κ1) is 16.1. The number of hydrogen-bond donors (Lipinski definition) is 1. The van der Waals surface area contributed by atoms with Gasteiger partial charge in [0.25, 0.3) is 0 Å². The van der Waals surface area contributed by atoms with Gasteiger partial charge in [-0.25, -0.2) is 0 Å². The number of aliphatic carboxylic acids is 1. The van der Waals surface area contributed by atoms with Gasteiger partial charge < -0.3 is 14.7 Å². The van der Waals surface area contributed by atoms with Crippen LogP contribution < -0.4 is 4.74 Å². The number of para-hydroxylation sites is 1. The van der Waals surface area contributed by atoms with Crippen LogP contribution in [-0.2, 0) is 16.1 Å². The van der Waals surface area contributed by atoms with Crippen LogP contribution in [-0.4, -0.2) is 35.3 Å². The lowest BCUT2D eigenvalue weighted by molar-refractivity contribution is -0.275. The maximum Gasteiger partial charge on any atom is 0.573 e. The van der Waals surface area contributed by atoms with E-state index >= 15 is 0 Å². The Hall–Kier alpha value is -2.25. The van der Waals surface area contributed by atoms with E-state index in [4.69, 9.17) is 5.11 Å². The largest absolute Gasteiger partial charge is 0.573 e. The molecule has 1 N–H and O–H groups in total. The molecule has 2 rings (SSSR count). The molecule has 2 unspecified atom stereocenters. The van der Waals surface area contributed by atoms with Crippen molar-refractivity contribution in [1.82, 2.24) is 4.90 Å². The van der Waals surface area contributed by atoms with Crippen LogP contribution in [0.25, 0.3) is 0 Å². The smallest absolute Gasteiger partial charge is 0.481 e. The van der Waals surface area contributed by atoms with Crippen molar-refractivity contribution in [2.75, 3.05) is 7.05 Å². The van der Waals surface area contributed by atoms with E-state index in [1.165, 1.54) is 30.1 Å². The molecule has 0 heterocycles. The Morgan fingerprint density at radius 2 is 1.95 bits per heavy atom. The van der Waals surface area contributed by atoms with E-state index in [9.17, 15) is 22.8 Å². The Bertz CT molecular complexity index is 588. The van der Waals surface area contributed by atoms with Crippen LogP contribution in [0.1, 0.15) is 12.0 Å². The number of halogens is 3. The fourth-order valence-corrected chi connectivity index (χ4v) is 2.22. The van der Waals surface area contributed by atoms with Crippen LogP contribution in [0.3, 0.4) is 0 Å². The molecule has 5 nitrogen and oxygen atoms in total. The SMILES string of the molecule is CN(Cc1ccccc1OC(F)(F)F)C(=O)C1CC1C(=O)O. The lowest BCUT2D eigenvalue weighted by Gasteiger charge is -2.20. The van der Waals surface area contributed by atoms with E-state index in [-0.39, 0.29) is 24.3 Å². The molecule has 2 atom stereocenters. The van der Waals surface area contributed by atoms with Gasteiger partial charge in [0.2, 0.25) is 5.91 Å². The molecule has 0 bridgehead atoms. The zero-order valence-electron chi connectivity index (χ0n) is 11.6. The third-order valence-corrected chi connectivity index (χ3v) is 3.41. The first-order valence-corrected chi connectivity index (χ1v) is 6.50. The standard InChI is InChI=1S/C14H14F3NO4/c1-18(12(19)9-6-10(9)13(20)21)7-8-4-2-3-5-11(8)22-14(15,16)17/h2-5,9-10H,6-7H2,1H3,(H,20,21). The number of amides is 1. The predicted octanol–water partition coefficient (Wildman–Crippen LogP) is 2.26. The summed E-state index contributed by atoms with van der Waals surface area (Å²) in [5.74, 6) is -3.10. The van der Waals surface area contributed by atoms with Crippen molar-refractivity contribution in [3.63, 3.8) is 0 Å². The number of carboxylic acid groups (broad SMARTS) is 1. The van der Waals surface area contributed by atoms with E-state index in [2.05, 4.69) is 4.74 Å². The number of hydrogen-bond acceptors (Lipinski definition) is 3. The Morgan fingerprint density at radius 3 is 2.50 bits per heavy atom. The van der Waals surface area contributed by atoms with Crippen molar-refractivity contribution in [3.05, 3.63) is 29.8 Å². The molecular formula is C14H14F3NO4. The van der Waals surface area contributed by atoms with E-state index in [1.807, 2.05) is 0 Å². The average Bonchev–Trinajstić information content (AvgIpc) is 3.18. The highest BCUT2D eigenvalue weighted by Crippen LogP contribution is 2.40. The summed E-state index contributed by atoms with van der Waals surface area (Å²) in [5, 5.41) is 8.80. The lowest BCUT2D eigenvalue weighted by Crippen LogP contribution is -2.29. The first-order chi connectivity index (χ1) is 10.2. The topological polar surface area (TPSA) is 66.8 Å². The van der Waals surface area contributed by atoms with Gasteiger partial charge in [-0.2, -0.15) is 0 Å². The lowest BCUT2D eigenvalue weighted by atomic mass is 10.2. The number of alkyl halides is 3. The van der Waals surface area contributed by atoms with Crippen LogP contribution in [0, 0.1) is 11.8 Å². The van der Waals surface area contributed by atoms with Crippen molar-refractivity contribution in [1.29, 1.82) is 0 Å². The minimum absolute atomic E-state index is 0.0894. The Kier molecular flexibility index (Phi) is 4.30. The molecule has 1 aromatic rings. The Labute approximate surface area is 124 Å². The number of carbonyl (C=O) groups excluding carboxylic acids is 1. The van der Waals surface area contributed by atoms with E-state index < -0.39 is 30.1 Å². The second-order valence-corrected chi connectivity index (χ2v) is 5.14. The Morgan fingerprint density at radius 1 is 1.32 bits per heavy atom. The fourth-order valence-electron chi connectivity index (χ4n) is 2.22. The number of benzene rings is 1. The highest BCUT2D eigenvalue weighted by atomic mass is 19.4. The van der Waals surface area contributed by atoms with Crippen LogP contribution in [0.15, 0.2) is 24.3 Å². The van der Waals surface area contributed by atoms with Crippen LogP contribution in [0.2, 0.25) is 0 Å². The van der Waals surface area contributed by atoms with Gasteiger partial charge in [-0.3, -0.25) is 9.59 Å². The zero-order chi connectivity index (χ0) is 16.5. The summed E-state index contributed by atoms with van der Waals surface area (Å²) < 4.78 is 40.9. The summed E-state index contributed by atoms with van der Waals surface area (Å²) in [5.41, 5.74) is 0.197. The Balaban J connectivity index is 2.04. The van der Waals surface area contributed by atoms with Gasteiger partial charge >= 0.3 is 12.3 Å². The van der Waals surface area contributed by atoms with Crippen molar-refractivity contribution < 1.29 is 32.6 Å². The van der Waals surface area contributed by atoms with Gasteiger partial charge in [0, 0.05) is 19.2 Å². The molecule has 0 saturated heterocycles. The quantitative estimate of drug-likeness (QED) is 0.904. The monoisotopic (exact) mass is 317 g/mol. The van der Waals surface area contributed by atoms with Crippen molar-refractivity contribution in [2.24, 2.45) is 11.8 Å². The normalized spacial score (nSPS) is 20.4. The molecule has 22 heavy (non-hydrogen) atoms. The molecule has 8 heteroatoms. The van der Waals surface area contributed by atoms with Crippen LogP contribution in [0.5, 0.6) is 5.75 Å². The minimum atomic E-state index is -4.82. The van der Waals surface area contributed by atoms with Crippen LogP contribution >= 0.6 is 0 Å². The first-order valence-electron chi connectivity index (χ1n) is 6.50. The summed E-state index contributed by atoms with van der Waals surface area (Å²) in [4.78, 5) is 24.0. The third kappa shape index (κ3) is 3.90. The average molecular weight is 317 g/mol. The maximum atomic E-state index is 12.3. The van der Waals surface area contributed by atoms with Gasteiger partial charge in [0.1, 0.15) is 5.75 Å². The third-order valence-electron chi connectivity index (χ3n) is 3.41. The molecule has 1 aliphatic carbocycles. The van der Waals surface area contributed by atoms with E-state index in [1.54, 1.807) is 0 Å². The van der Waals surface area contributed by atoms with E-state index in [0.717, 1.165) is 6.07 Å². The fraction of sp³-hybridized carbons (Fsp3) is 0.429. The van der Waals surface area contributed by atoms with Gasteiger partial charge in [-0.05, 0) is 12.5 Å². The molecular weight excluding hydrogens is 303 g/mol. The number of carbonyl (C=O) groups is 2. The number of ether oxygens (including phenoxy) is 1. The van der Waals surface area contributed by atoms with Crippen molar-refractivity contribution in [2.45, 2.75) is 19.3 Å². The minimum Gasteiger partial charge on any atom is -0.481 e. The van der Waals surface area contributed by atoms with Gasteiger partial charge in [0.05, 0.1) is 11.8 Å². The van der Waals surface area contributed by atoms with Gasteiger partial charge in [0.15, 0.2) is 0 Å². The summed E-state index contributed by atoms with van der Waals surface area (Å²) in [6.45, 7) is -0.0894. The van der Waals surface area contributed by atoms with Gasteiger partial charge in [-0.15, -0.1) is 13.2 Å². The second kappa shape index (κ2) is 5.86. The molecule has 1 fully saturated rings. The predicted molar refractivity (Wildman–Crippen MR) is 68.8 cm³/mol. The molecule has 1 saturated carbocycles. The highest BCUT2D eigenvalue weighted by molar-refractivity contribution is 5.89.